The van der Waals surface area contributed by atoms with Crippen LogP contribution in [0.5, 0.6) is 0 Å². The van der Waals surface area contributed by atoms with Gasteiger partial charge in [-0.2, -0.15) is 0 Å². The van der Waals surface area contributed by atoms with Crippen LogP contribution in [-0.2, 0) is 4.79 Å². The fourth-order valence-electron chi connectivity index (χ4n) is 6.69. The first-order chi connectivity index (χ1) is 9.96. The van der Waals surface area contributed by atoms with Gasteiger partial charge in [-0.25, -0.2) is 0 Å². The fourth-order valence-corrected chi connectivity index (χ4v) is 6.69. The quantitative estimate of drug-likeness (QED) is 0.713. The molecule has 21 heavy (non-hydrogen) atoms. The zero-order valence-electron chi connectivity index (χ0n) is 13.2. The van der Waals surface area contributed by atoms with E-state index in [1.165, 1.54) is 38.5 Å². The van der Waals surface area contributed by atoms with E-state index in [0.29, 0.717) is 5.41 Å². The molecule has 0 aliphatic heterocycles. The van der Waals surface area contributed by atoms with Crippen molar-refractivity contribution >= 4 is 5.97 Å². The Morgan fingerprint density at radius 2 is 1.57 bits per heavy atom. The molecule has 0 aromatic heterocycles. The maximum atomic E-state index is 11.4. The van der Waals surface area contributed by atoms with Gasteiger partial charge < -0.3 is 5.11 Å². The van der Waals surface area contributed by atoms with Crippen molar-refractivity contribution in [2.75, 3.05) is 0 Å². The molecule has 1 N–H and O–H groups in total. The largest absolute Gasteiger partial charge is 0.481 e. The lowest BCUT2D eigenvalue weighted by Crippen LogP contribution is -2.53. The monoisotopic (exact) mass is 288 g/mol. The van der Waals surface area contributed by atoms with Gasteiger partial charge in [0.15, 0.2) is 0 Å². The molecule has 0 spiro atoms. The van der Waals surface area contributed by atoms with E-state index in [1.807, 2.05) is 0 Å². The number of rotatable bonds is 1. The molecule has 4 atom stereocenters. The van der Waals surface area contributed by atoms with E-state index in [-0.39, 0.29) is 5.41 Å². The number of hydrogen-bond acceptors (Lipinski definition) is 1. The van der Waals surface area contributed by atoms with Gasteiger partial charge in [0.2, 0.25) is 0 Å². The Kier molecular flexibility index (Phi) is 3.03. The molecule has 2 heteroatoms. The highest BCUT2D eigenvalue weighted by molar-refractivity contribution is 5.75. The van der Waals surface area contributed by atoms with Gasteiger partial charge in [-0.15, -0.1) is 0 Å². The van der Waals surface area contributed by atoms with Crippen LogP contribution in [0.2, 0.25) is 0 Å². The Morgan fingerprint density at radius 3 is 1.90 bits per heavy atom. The normalized spacial score (nSPS) is 51.9. The van der Waals surface area contributed by atoms with Gasteiger partial charge in [-0.05, 0) is 86.9 Å². The SMILES string of the molecule is C1=CC2CCC1C2.CC12CC3CC(C1)CC(C(=O)O)(C3)C2. The Labute approximate surface area is 128 Å². The van der Waals surface area contributed by atoms with E-state index in [9.17, 15) is 9.90 Å². The van der Waals surface area contributed by atoms with Gasteiger partial charge in [-0.1, -0.05) is 19.1 Å². The van der Waals surface area contributed by atoms with Crippen molar-refractivity contribution in [3.8, 4) is 0 Å². The second-order valence-corrected chi connectivity index (χ2v) is 9.08. The number of carboxylic acid groups (broad SMARTS) is 1. The van der Waals surface area contributed by atoms with Crippen molar-refractivity contribution in [3.05, 3.63) is 12.2 Å². The van der Waals surface area contributed by atoms with Gasteiger partial charge in [0.1, 0.15) is 0 Å². The van der Waals surface area contributed by atoms with E-state index in [1.54, 1.807) is 0 Å². The molecule has 0 aromatic rings. The second-order valence-electron chi connectivity index (χ2n) is 9.08. The van der Waals surface area contributed by atoms with Crippen LogP contribution in [0.25, 0.3) is 0 Å². The first kappa shape index (κ1) is 13.8. The summed E-state index contributed by atoms with van der Waals surface area (Å²) in [6, 6.07) is 0. The van der Waals surface area contributed by atoms with Crippen LogP contribution in [0, 0.1) is 34.5 Å². The van der Waals surface area contributed by atoms with E-state index < -0.39 is 5.97 Å². The van der Waals surface area contributed by atoms with Crippen LogP contribution in [0.1, 0.15) is 64.7 Å². The minimum Gasteiger partial charge on any atom is -0.481 e. The molecule has 0 aromatic carbocycles. The van der Waals surface area contributed by atoms with Crippen molar-refractivity contribution in [3.63, 3.8) is 0 Å². The molecule has 6 aliphatic rings. The van der Waals surface area contributed by atoms with Crippen LogP contribution in [0.3, 0.4) is 0 Å². The summed E-state index contributed by atoms with van der Waals surface area (Å²) in [5, 5.41) is 9.39. The average Bonchev–Trinajstić information content (AvgIpc) is 3.00. The van der Waals surface area contributed by atoms with Crippen LogP contribution in [0.15, 0.2) is 12.2 Å². The summed E-state index contributed by atoms with van der Waals surface area (Å²) in [6.07, 6.45) is 16.0. The molecule has 6 rings (SSSR count). The molecular formula is C19H28O2. The average molecular weight is 288 g/mol. The summed E-state index contributed by atoms with van der Waals surface area (Å²) in [4.78, 5) is 11.4. The van der Waals surface area contributed by atoms with Gasteiger partial charge in [0.05, 0.1) is 5.41 Å². The minimum absolute atomic E-state index is 0.321. The first-order valence-corrected chi connectivity index (χ1v) is 8.88. The van der Waals surface area contributed by atoms with Gasteiger partial charge >= 0.3 is 5.97 Å². The number of fused-ring (bicyclic) bond motifs is 2. The Bertz CT molecular complexity index is 452. The predicted molar refractivity (Wildman–Crippen MR) is 82.8 cm³/mol. The van der Waals surface area contributed by atoms with Crippen molar-refractivity contribution in [1.82, 2.24) is 0 Å². The Hall–Kier alpha value is -0.790. The molecule has 0 heterocycles. The van der Waals surface area contributed by atoms with Crippen LogP contribution >= 0.6 is 0 Å². The fraction of sp³-hybridized carbons (Fsp3) is 0.842. The lowest BCUT2D eigenvalue weighted by molar-refractivity contribution is -0.172. The lowest BCUT2D eigenvalue weighted by atomic mass is 9.45. The number of carboxylic acids is 1. The Balaban J connectivity index is 0.000000137. The third kappa shape index (κ3) is 2.35. The lowest BCUT2D eigenvalue weighted by Gasteiger charge is -2.59. The third-order valence-corrected chi connectivity index (χ3v) is 6.98. The highest BCUT2D eigenvalue weighted by Gasteiger charge is 2.59. The number of hydrogen-bond donors (Lipinski definition) is 1. The molecule has 6 bridgehead atoms. The molecule has 5 saturated carbocycles. The molecule has 116 valence electrons. The van der Waals surface area contributed by atoms with Crippen molar-refractivity contribution < 1.29 is 9.90 Å². The maximum absolute atomic E-state index is 11.4. The summed E-state index contributed by atoms with van der Waals surface area (Å²) >= 11 is 0. The van der Waals surface area contributed by atoms with Gasteiger partial charge in [-0.3, -0.25) is 4.79 Å². The van der Waals surface area contributed by atoms with E-state index in [0.717, 1.165) is 42.9 Å². The molecule has 6 aliphatic carbocycles. The van der Waals surface area contributed by atoms with Crippen molar-refractivity contribution in [1.29, 1.82) is 0 Å². The van der Waals surface area contributed by atoms with Crippen LogP contribution < -0.4 is 0 Å². The molecule has 4 unspecified atom stereocenters. The van der Waals surface area contributed by atoms with E-state index >= 15 is 0 Å². The van der Waals surface area contributed by atoms with Gasteiger partial charge in [0, 0.05) is 0 Å². The molecule has 2 nitrogen and oxygen atoms in total. The standard InChI is InChI=1S/C12H18O2.C7H10/c1-11-3-8-2-9(4-11)6-12(5-8,7-11)10(13)14;1-2-7-4-3-6(1)5-7/h8-9H,2-7H2,1H3,(H,13,14);1-2,6-7H,3-5H2. The summed E-state index contributed by atoms with van der Waals surface area (Å²) in [5.41, 5.74) is 0.0430. The highest BCUT2D eigenvalue weighted by atomic mass is 16.4. The summed E-state index contributed by atoms with van der Waals surface area (Å²) in [6.45, 7) is 2.31. The predicted octanol–water partition coefficient (Wildman–Crippen LogP) is 4.65. The zero-order valence-corrected chi connectivity index (χ0v) is 13.2. The summed E-state index contributed by atoms with van der Waals surface area (Å²) < 4.78 is 0. The molecule has 0 radical (unpaired) electrons. The summed E-state index contributed by atoms with van der Waals surface area (Å²) in [5.74, 6) is 2.91. The summed E-state index contributed by atoms with van der Waals surface area (Å²) in [7, 11) is 0. The molecule has 0 saturated heterocycles. The van der Waals surface area contributed by atoms with E-state index in [4.69, 9.17) is 0 Å². The minimum atomic E-state index is -0.516. The van der Waals surface area contributed by atoms with Crippen molar-refractivity contribution in [2.45, 2.75) is 64.7 Å². The number of aliphatic carboxylic acids is 1. The number of allylic oxidation sites excluding steroid dienone is 2. The van der Waals surface area contributed by atoms with Crippen LogP contribution in [-0.4, -0.2) is 11.1 Å². The van der Waals surface area contributed by atoms with Crippen LogP contribution in [0.4, 0.5) is 0 Å². The number of carbonyl (C=O) groups is 1. The maximum Gasteiger partial charge on any atom is 0.309 e. The topological polar surface area (TPSA) is 37.3 Å². The molecule has 5 fully saturated rings. The van der Waals surface area contributed by atoms with Crippen molar-refractivity contribution in [2.24, 2.45) is 34.5 Å². The molecule has 0 amide bonds. The van der Waals surface area contributed by atoms with E-state index in [2.05, 4.69) is 19.1 Å². The highest BCUT2D eigenvalue weighted by Crippen LogP contribution is 2.65. The zero-order chi connectivity index (χ0) is 14.7. The third-order valence-electron chi connectivity index (χ3n) is 6.98. The van der Waals surface area contributed by atoms with Gasteiger partial charge in [0.25, 0.3) is 0 Å². The Morgan fingerprint density at radius 1 is 1.00 bits per heavy atom. The molecular weight excluding hydrogens is 260 g/mol. The smallest absolute Gasteiger partial charge is 0.309 e. The first-order valence-electron chi connectivity index (χ1n) is 8.88. The second kappa shape index (κ2) is 4.60.